The summed E-state index contributed by atoms with van der Waals surface area (Å²) in [6.45, 7) is 3.42. The largest absolute Gasteiger partial charge is 0.452 e. The number of amides is 3. The summed E-state index contributed by atoms with van der Waals surface area (Å²) in [4.78, 5) is 52.1. The first-order valence-corrected chi connectivity index (χ1v) is 11.4. The van der Waals surface area contributed by atoms with Gasteiger partial charge in [0, 0.05) is 5.69 Å². The van der Waals surface area contributed by atoms with Crippen LogP contribution in [0.4, 0.5) is 11.4 Å². The minimum atomic E-state index is -0.688. The quantitative estimate of drug-likeness (QED) is 0.559. The fraction of sp³-hybridized carbons (Fsp3) is 0.385. The molecule has 0 radical (unpaired) electrons. The van der Waals surface area contributed by atoms with Crippen LogP contribution in [-0.2, 0) is 19.1 Å². The van der Waals surface area contributed by atoms with Crippen LogP contribution in [-0.4, -0.2) is 30.3 Å². The molecule has 1 N–H and O–H groups in total. The molecular formula is C26H26N2O5. The maximum atomic E-state index is 13.0. The Morgan fingerprint density at radius 2 is 1.70 bits per heavy atom. The molecule has 3 amide bonds. The third-order valence-corrected chi connectivity index (χ3v) is 7.26. The summed E-state index contributed by atoms with van der Waals surface area (Å²) >= 11 is 0. The second-order valence-corrected chi connectivity index (χ2v) is 9.39. The Kier molecular flexibility index (Phi) is 5.27. The van der Waals surface area contributed by atoms with Crippen LogP contribution in [0.2, 0.25) is 0 Å². The van der Waals surface area contributed by atoms with Crippen molar-refractivity contribution in [3.63, 3.8) is 0 Å². The lowest BCUT2D eigenvalue weighted by atomic mass is 9.81. The Morgan fingerprint density at radius 1 is 1.00 bits per heavy atom. The number of hydrogen-bond acceptors (Lipinski definition) is 5. The van der Waals surface area contributed by atoms with E-state index < -0.39 is 18.5 Å². The molecule has 2 aliphatic carbocycles. The van der Waals surface area contributed by atoms with Crippen LogP contribution in [0.15, 0.2) is 42.5 Å². The van der Waals surface area contributed by atoms with Gasteiger partial charge in [-0.1, -0.05) is 23.8 Å². The molecule has 33 heavy (non-hydrogen) atoms. The van der Waals surface area contributed by atoms with Gasteiger partial charge in [0.15, 0.2) is 6.61 Å². The van der Waals surface area contributed by atoms with Crippen LogP contribution in [0.25, 0.3) is 0 Å². The Morgan fingerprint density at radius 3 is 2.36 bits per heavy atom. The molecule has 3 aliphatic rings. The highest BCUT2D eigenvalue weighted by atomic mass is 16.5. The Balaban J connectivity index is 1.25. The molecule has 7 nitrogen and oxygen atoms in total. The van der Waals surface area contributed by atoms with Gasteiger partial charge in [-0.2, -0.15) is 0 Å². The molecule has 0 spiro atoms. The van der Waals surface area contributed by atoms with Crippen LogP contribution in [0.3, 0.4) is 0 Å². The van der Waals surface area contributed by atoms with Gasteiger partial charge in [-0.25, -0.2) is 4.79 Å². The van der Waals surface area contributed by atoms with Crippen molar-refractivity contribution in [2.75, 3.05) is 16.8 Å². The molecule has 170 valence electrons. The minimum Gasteiger partial charge on any atom is -0.452 e. The summed E-state index contributed by atoms with van der Waals surface area (Å²) in [5, 5.41) is 2.73. The van der Waals surface area contributed by atoms with Crippen molar-refractivity contribution in [3.8, 4) is 0 Å². The fourth-order valence-electron chi connectivity index (χ4n) is 5.79. The molecule has 7 heteroatoms. The zero-order valence-corrected chi connectivity index (χ0v) is 18.7. The Hall–Kier alpha value is -3.48. The normalized spacial score (nSPS) is 25.3. The standard InChI is InChI=1S/C26H26N2O5/c1-14-6-9-20(15(2)10-14)27-21(29)13-33-26(32)18-4-3-5-19(12-18)28-24(30)22-16-7-8-17(11-16)23(22)25(28)31/h3-6,9-10,12,16-17,22-23H,7-8,11,13H2,1-2H3,(H,27,29)/t16-,17-,22-,23+/m0/s1. The fourth-order valence-corrected chi connectivity index (χ4v) is 5.79. The number of aryl methyl sites for hydroxylation is 2. The molecule has 0 aromatic heterocycles. The van der Waals surface area contributed by atoms with Crippen molar-refractivity contribution in [2.45, 2.75) is 33.1 Å². The third-order valence-electron chi connectivity index (χ3n) is 7.26. The highest BCUT2D eigenvalue weighted by molar-refractivity contribution is 6.22. The first-order chi connectivity index (χ1) is 15.8. The van der Waals surface area contributed by atoms with Gasteiger partial charge in [0.05, 0.1) is 23.1 Å². The second kappa shape index (κ2) is 8.14. The van der Waals surface area contributed by atoms with E-state index in [2.05, 4.69) is 5.32 Å². The van der Waals surface area contributed by atoms with Crippen LogP contribution >= 0.6 is 0 Å². The van der Waals surface area contributed by atoms with Crippen molar-refractivity contribution in [3.05, 3.63) is 59.2 Å². The van der Waals surface area contributed by atoms with Crippen LogP contribution < -0.4 is 10.2 Å². The molecule has 5 rings (SSSR count). The van der Waals surface area contributed by atoms with Crippen LogP contribution in [0.5, 0.6) is 0 Å². The summed E-state index contributed by atoms with van der Waals surface area (Å²) in [6, 6.07) is 12.0. The number of anilines is 2. The van der Waals surface area contributed by atoms with Gasteiger partial charge in [-0.15, -0.1) is 0 Å². The van der Waals surface area contributed by atoms with Crippen molar-refractivity contribution in [1.82, 2.24) is 0 Å². The monoisotopic (exact) mass is 446 g/mol. The lowest BCUT2D eigenvalue weighted by molar-refractivity contribution is -0.123. The second-order valence-electron chi connectivity index (χ2n) is 9.39. The smallest absolute Gasteiger partial charge is 0.338 e. The summed E-state index contributed by atoms with van der Waals surface area (Å²) in [5.41, 5.74) is 3.23. The van der Waals surface area contributed by atoms with Gasteiger partial charge >= 0.3 is 5.97 Å². The maximum absolute atomic E-state index is 13.0. The van der Waals surface area contributed by atoms with Gasteiger partial charge in [0.2, 0.25) is 11.8 Å². The SMILES string of the molecule is Cc1ccc(NC(=O)COC(=O)c2cccc(N3C(=O)[C@@H]4[C@H]5CC[C@@H](C5)[C@@H]4C3=O)c2)c(C)c1. The highest BCUT2D eigenvalue weighted by Gasteiger charge is 2.61. The van der Waals surface area contributed by atoms with E-state index in [9.17, 15) is 19.2 Å². The van der Waals surface area contributed by atoms with E-state index in [1.807, 2.05) is 26.0 Å². The summed E-state index contributed by atoms with van der Waals surface area (Å²) in [5.74, 6) is -1.30. The average Bonchev–Trinajstić information content (AvgIpc) is 3.48. The maximum Gasteiger partial charge on any atom is 0.338 e. The number of carbonyl (C=O) groups excluding carboxylic acids is 4. The Labute approximate surface area is 192 Å². The van der Waals surface area contributed by atoms with Crippen molar-refractivity contribution < 1.29 is 23.9 Å². The number of nitrogens with one attached hydrogen (secondary N) is 1. The van der Waals surface area contributed by atoms with Gasteiger partial charge in [0.25, 0.3) is 5.91 Å². The number of hydrogen-bond donors (Lipinski definition) is 1. The lowest BCUT2D eigenvalue weighted by Crippen LogP contribution is -2.32. The van der Waals surface area contributed by atoms with E-state index in [-0.39, 0.29) is 29.2 Å². The zero-order chi connectivity index (χ0) is 23.3. The van der Waals surface area contributed by atoms with Crippen molar-refractivity contribution in [1.29, 1.82) is 0 Å². The topological polar surface area (TPSA) is 92.8 Å². The molecule has 2 saturated carbocycles. The molecule has 2 aromatic carbocycles. The molecule has 0 unspecified atom stereocenters. The number of ether oxygens (including phenoxy) is 1. The molecule has 3 fully saturated rings. The van der Waals surface area contributed by atoms with Gasteiger partial charge in [-0.05, 0) is 74.8 Å². The lowest BCUT2D eigenvalue weighted by Gasteiger charge is -2.19. The predicted octanol–water partition coefficient (Wildman–Crippen LogP) is 3.63. The summed E-state index contributed by atoms with van der Waals surface area (Å²) in [7, 11) is 0. The van der Waals surface area contributed by atoms with E-state index in [1.165, 1.54) is 11.0 Å². The van der Waals surface area contributed by atoms with E-state index in [1.54, 1.807) is 24.3 Å². The molecule has 2 bridgehead atoms. The predicted molar refractivity (Wildman–Crippen MR) is 122 cm³/mol. The highest BCUT2D eigenvalue weighted by Crippen LogP contribution is 2.56. The number of fused-ring (bicyclic) bond motifs is 5. The van der Waals surface area contributed by atoms with Crippen molar-refractivity contribution in [2.24, 2.45) is 23.7 Å². The third kappa shape index (κ3) is 3.71. The molecule has 4 atom stereocenters. The van der Waals surface area contributed by atoms with E-state index in [0.29, 0.717) is 23.2 Å². The summed E-state index contributed by atoms with van der Waals surface area (Å²) < 4.78 is 5.18. The average molecular weight is 447 g/mol. The van der Waals surface area contributed by atoms with Crippen LogP contribution in [0, 0.1) is 37.5 Å². The number of imide groups is 1. The number of rotatable bonds is 5. The van der Waals surface area contributed by atoms with E-state index >= 15 is 0 Å². The molecule has 2 aromatic rings. The molecule has 1 heterocycles. The van der Waals surface area contributed by atoms with Gasteiger partial charge in [-0.3, -0.25) is 19.3 Å². The number of nitrogens with zero attached hydrogens (tertiary/aromatic N) is 1. The first kappa shape index (κ1) is 21.4. The number of carbonyl (C=O) groups is 4. The van der Waals surface area contributed by atoms with Gasteiger partial charge < -0.3 is 10.1 Å². The molecule has 1 saturated heterocycles. The Bertz CT molecular complexity index is 1150. The van der Waals surface area contributed by atoms with E-state index in [4.69, 9.17) is 4.74 Å². The molecule has 1 aliphatic heterocycles. The van der Waals surface area contributed by atoms with E-state index in [0.717, 1.165) is 30.4 Å². The zero-order valence-electron chi connectivity index (χ0n) is 18.7. The molecular weight excluding hydrogens is 420 g/mol. The summed E-state index contributed by atoms with van der Waals surface area (Å²) in [6.07, 6.45) is 2.99. The van der Waals surface area contributed by atoms with Gasteiger partial charge in [0.1, 0.15) is 0 Å². The minimum absolute atomic E-state index is 0.157. The first-order valence-electron chi connectivity index (χ1n) is 11.4. The number of benzene rings is 2. The number of esters is 1. The van der Waals surface area contributed by atoms with Crippen LogP contribution in [0.1, 0.15) is 40.7 Å². The van der Waals surface area contributed by atoms with Crippen molar-refractivity contribution >= 4 is 35.1 Å².